The lowest BCUT2D eigenvalue weighted by Gasteiger charge is -2.16. The average molecular weight is 346 g/mol. The highest BCUT2D eigenvalue weighted by molar-refractivity contribution is 9.10. The zero-order valence-corrected chi connectivity index (χ0v) is 13.0. The molecule has 0 bridgehead atoms. The van der Waals surface area contributed by atoms with Crippen LogP contribution in [0.4, 0.5) is 16.2 Å². The number of primary amides is 1. The molecule has 1 aliphatic carbocycles. The molecule has 0 radical (unpaired) electrons. The van der Waals surface area contributed by atoms with Crippen molar-refractivity contribution < 1.29 is 4.79 Å². The fourth-order valence-corrected chi connectivity index (χ4v) is 3.17. The van der Waals surface area contributed by atoms with Gasteiger partial charge in [0.15, 0.2) is 0 Å². The van der Waals surface area contributed by atoms with Gasteiger partial charge in [0.05, 0.1) is 6.04 Å². The van der Waals surface area contributed by atoms with Crippen molar-refractivity contribution in [1.29, 1.82) is 0 Å². The SMILES string of the molecule is NC(=O)Nc1cccc(NC2CCc3cc(Br)ccc32)c1. The molecule has 1 atom stereocenters. The number of anilines is 2. The summed E-state index contributed by atoms with van der Waals surface area (Å²) in [6, 6.07) is 13.8. The first-order valence-electron chi connectivity index (χ1n) is 6.83. The molecule has 108 valence electrons. The molecule has 0 saturated carbocycles. The smallest absolute Gasteiger partial charge is 0.316 e. The lowest BCUT2D eigenvalue weighted by Crippen LogP contribution is -2.19. The van der Waals surface area contributed by atoms with Crippen molar-refractivity contribution in [2.24, 2.45) is 5.73 Å². The van der Waals surface area contributed by atoms with Gasteiger partial charge >= 0.3 is 6.03 Å². The maximum Gasteiger partial charge on any atom is 0.316 e. The second-order valence-corrected chi connectivity index (χ2v) is 6.06. The number of carbonyl (C=O) groups is 1. The van der Waals surface area contributed by atoms with E-state index in [-0.39, 0.29) is 0 Å². The monoisotopic (exact) mass is 345 g/mol. The number of carbonyl (C=O) groups excluding carboxylic acids is 1. The van der Waals surface area contributed by atoms with E-state index in [4.69, 9.17) is 5.73 Å². The van der Waals surface area contributed by atoms with E-state index in [1.54, 1.807) is 0 Å². The topological polar surface area (TPSA) is 67.2 Å². The number of nitrogens with one attached hydrogen (secondary N) is 2. The molecule has 0 aromatic heterocycles. The van der Waals surface area contributed by atoms with E-state index in [1.807, 2.05) is 24.3 Å². The summed E-state index contributed by atoms with van der Waals surface area (Å²) >= 11 is 3.51. The van der Waals surface area contributed by atoms with E-state index < -0.39 is 6.03 Å². The van der Waals surface area contributed by atoms with Crippen LogP contribution in [0.5, 0.6) is 0 Å². The third kappa shape index (κ3) is 3.19. The quantitative estimate of drug-likeness (QED) is 0.785. The van der Waals surface area contributed by atoms with Crippen LogP contribution in [0.25, 0.3) is 0 Å². The van der Waals surface area contributed by atoms with Crippen molar-refractivity contribution in [3.05, 3.63) is 58.1 Å². The highest BCUT2D eigenvalue weighted by atomic mass is 79.9. The second kappa shape index (κ2) is 5.77. The van der Waals surface area contributed by atoms with E-state index in [1.165, 1.54) is 11.1 Å². The Hall–Kier alpha value is -2.01. The Balaban J connectivity index is 1.78. The minimum atomic E-state index is -0.553. The summed E-state index contributed by atoms with van der Waals surface area (Å²) in [7, 11) is 0. The molecule has 1 unspecified atom stereocenters. The normalized spacial score (nSPS) is 16.3. The van der Waals surface area contributed by atoms with Crippen molar-refractivity contribution in [2.75, 3.05) is 10.6 Å². The van der Waals surface area contributed by atoms with Crippen LogP contribution in [-0.4, -0.2) is 6.03 Å². The second-order valence-electron chi connectivity index (χ2n) is 5.15. The maximum absolute atomic E-state index is 10.9. The first-order chi connectivity index (χ1) is 10.1. The Morgan fingerprint density at radius 3 is 2.81 bits per heavy atom. The van der Waals surface area contributed by atoms with Gasteiger partial charge in [0, 0.05) is 15.8 Å². The largest absolute Gasteiger partial charge is 0.378 e. The van der Waals surface area contributed by atoms with Gasteiger partial charge in [-0.05, 0) is 54.3 Å². The van der Waals surface area contributed by atoms with Crippen LogP contribution in [0.1, 0.15) is 23.6 Å². The van der Waals surface area contributed by atoms with E-state index in [0.717, 1.165) is 23.0 Å². The molecule has 0 saturated heterocycles. The van der Waals surface area contributed by atoms with Crippen molar-refractivity contribution >= 4 is 33.3 Å². The molecule has 5 heteroatoms. The number of urea groups is 1. The Morgan fingerprint density at radius 2 is 2.00 bits per heavy atom. The van der Waals surface area contributed by atoms with Crippen LogP contribution in [0.2, 0.25) is 0 Å². The first-order valence-corrected chi connectivity index (χ1v) is 7.62. The third-order valence-corrected chi connectivity index (χ3v) is 4.15. The minimum absolute atomic E-state index is 0.303. The average Bonchev–Trinajstić information content (AvgIpc) is 2.80. The Bertz CT molecular complexity index is 687. The Labute approximate surface area is 131 Å². The fourth-order valence-electron chi connectivity index (χ4n) is 2.77. The van der Waals surface area contributed by atoms with Crippen LogP contribution in [0, 0.1) is 0 Å². The number of benzene rings is 2. The van der Waals surface area contributed by atoms with Crippen molar-refractivity contribution in [2.45, 2.75) is 18.9 Å². The number of hydrogen-bond acceptors (Lipinski definition) is 2. The molecule has 4 N–H and O–H groups in total. The lowest BCUT2D eigenvalue weighted by atomic mass is 10.1. The molecule has 0 heterocycles. The molecule has 4 nitrogen and oxygen atoms in total. The number of halogens is 1. The molecule has 21 heavy (non-hydrogen) atoms. The molecular weight excluding hydrogens is 330 g/mol. The van der Waals surface area contributed by atoms with Gasteiger partial charge in [-0.3, -0.25) is 0 Å². The van der Waals surface area contributed by atoms with Crippen molar-refractivity contribution in [3.8, 4) is 0 Å². The van der Waals surface area contributed by atoms with Crippen LogP contribution in [0.15, 0.2) is 46.9 Å². The number of hydrogen-bond donors (Lipinski definition) is 3. The highest BCUT2D eigenvalue weighted by Crippen LogP contribution is 2.35. The van der Waals surface area contributed by atoms with Crippen molar-refractivity contribution in [1.82, 2.24) is 0 Å². The van der Waals surface area contributed by atoms with Crippen molar-refractivity contribution in [3.63, 3.8) is 0 Å². The fraction of sp³-hybridized carbons (Fsp3) is 0.188. The summed E-state index contributed by atoms with van der Waals surface area (Å²) in [6.45, 7) is 0. The summed E-state index contributed by atoms with van der Waals surface area (Å²) < 4.78 is 1.12. The van der Waals surface area contributed by atoms with Gasteiger partial charge in [-0.15, -0.1) is 0 Å². The molecule has 2 aromatic carbocycles. The first kappa shape index (κ1) is 13.9. The standard InChI is InChI=1S/C16H16BrN3O/c17-11-5-6-14-10(8-11)4-7-15(14)19-12-2-1-3-13(9-12)20-16(18)21/h1-3,5-6,8-9,15,19H,4,7H2,(H3,18,20,21). The van der Waals surface area contributed by atoms with Crippen LogP contribution < -0.4 is 16.4 Å². The predicted octanol–water partition coefficient (Wildman–Crippen LogP) is 4.04. The number of amides is 2. The molecule has 2 amide bonds. The van der Waals surface area contributed by atoms with Gasteiger partial charge in [0.25, 0.3) is 0 Å². The van der Waals surface area contributed by atoms with E-state index >= 15 is 0 Å². The molecule has 3 rings (SSSR count). The van der Waals surface area contributed by atoms with Gasteiger partial charge in [-0.25, -0.2) is 4.79 Å². The van der Waals surface area contributed by atoms with Gasteiger partial charge in [-0.1, -0.05) is 28.1 Å². The number of aryl methyl sites for hydroxylation is 1. The van der Waals surface area contributed by atoms with Gasteiger partial charge < -0.3 is 16.4 Å². The highest BCUT2D eigenvalue weighted by Gasteiger charge is 2.22. The van der Waals surface area contributed by atoms with Crippen LogP contribution in [-0.2, 0) is 6.42 Å². The zero-order chi connectivity index (χ0) is 14.8. The summed E-state index contributed by atoms with van der Waals surface area (Å²) in [4.78, 5) is 10.9. The molecule has 1 aliphatic rings. The zero-order valence-electron chi connectivity index (χ0n) is 11.4. The molecular formula is C16H16BrN3O. The van der Waals surface area contributed by atoms with Gasteiger partial charge in [0.1, 0.15) is 0 Å². The minimum Gasteiger partial charge on any atom is -0.378 e. The maximum atomic E-state index is 10.9. The molecule has 0 aliphatic heterocycles. The van der Waals surface area contributed by atoms with Gasteiger partial charge in [-0.2, -0.15) is 0 Å². The Kier molecular flexibility index (Phi) is 3.84. The molecule has 2 aromatic rings. The molecule has 0 spiro atoms. The Morgan fingerprint density at radius 1 is 1.19 bits per heavy atom. The summed E-state index contributed by atoms with van der Waals surface area (Å²) in [5.41, 5.74) is 9.53. The summed E-state index contributed by atoms with van der Waals surface area (Å²) in [5, 5.41) is 6.11. The number of nitrogens with two attached hydrogens (primary N) is 1. The summed E-state index contributed by atoms with van der Waals surface area (Å²) in [6.07, 6.45) is 2.14. The number of rotatable bonds is 3. The van der Waals surface area contributed by atoms with E-state index in [9.17, 15) is 4.79 Å². The lowest BCUT2D eigenvalue weighted by molar-refractivity contribution is 0.259. The van der Waals surface area contributed by atoms with Crippen LogP contribution >= 0.6 is 15.9 Å². The molecule has 0 fully saturated rings. The third-order valence-electron chi connectivity index (χ3n) is 3.65. The van der Waals surface area contributed by atoms with E-state index in [0.29, 0.717) is 11.7 Å². The summed E-state index contributed by atoms with van der Waals surface area (Å²) in [5.74, 6) is 0. The van der Waals surface area contributed by atoms with Crippen LogP contribution in [0.3, 0.4) is 0 Å². The predicted molar refractivity (Wildman–Crippen MR) is 88.5 cm³/mol. The number of fused-ring (bicyclic) bond motifs is 1. The van der Waals surface area contributed by atoms with E-state index in [2.05, 4.69) is 44.8 Å². The van der Waals surface area contributed by atoms with Gasteiger partial charge in [0.2, 0.25) is 0 Å².